The Morgan fingerprint density at radius 3 is 1.81 bits per heavy atom. The van der Waals surface area contributed by atoms with Crippen LogP contribution in [0.25, 0.3) is 11.4 Å². The van der Waals surface area contributed by atoms with Crippen LogP contribution in [0.4, 0.5) is 28.1 Å². The van der Waals surface area contributed by atoms with Gasteiger partial charge in [-0.2, -0.15) is 15.0 Å². The summed E-state index contributed by atoms with van der Waals surface area (Å²) in [5.74, 6) is 1.90. The maximum absolute atomic E-state index is 12.7. The van der Waals surface area contributed by atoms with Gasteiger partial charge in [-0.1, -0.05) is 12.1 Å². The Balaban J connectivity index is 1.14. The normalized spacial score (nSPS) is 21.4. The van der Waals surface area contributed by atoms with E-state index in [-0.39, 0.29) is 18.1 Å². The lowest BCUT2D eigenvalue weighted by atomic mass is 10.2. The highest BCUT2D eigenvalue weighted by atomic mass is 16.5. The highest BCUT2D eigenvalue weighted by molar-refractivity contribution is 5.99. The molecule has 0 radical (unpaired) electrons. The third kappa shape index (κ3) is 6.80. The summed E-state index contributed by atoms with van der Waals surface area (Å²) in [4.78, 5) is 34.2. The summed E-state index contributed by atoms with van der Waals surface area (Å²) in [6.45, 7) is 11.5. The van der Waals surface area contributed by atoms with Crippen molar-refractivity contribution in [2.45, 2.75) is 45.3 Å². The molecular weight excluding hydrogens is 532 g/mol. The fraction of sp³-hybridized carbons (Fsp3) is 0.484. The van der Waals surface area contributed by atoms with Crippen molar-refractivity contribution in [3.63, 3.8) is 0 Å². The average Bonchev–Trinajstić information content (AvgIpc) is 3.52. The SMILES string of the molecule is C[C@@H]1COCCN1c1nc(-c2ccc(NC(=O)Nc3ccc(CN4CCCC4)cc3)cc2)nc(N2CCOC[C@H]2C)n1. The van der Waals surface area contributed by atoms with Crippen LogP contribution in [-0.4, -0.2) is 90.6 Å². The quantitative estimate of drug-likeness (QED) is 0.430. The van der Waals surface area contributed by atoms with Crippen molar-refractivity contribution in [3.8, 4) is 11.4 Å². The number of carbonyl (C=O) groups is 1. The summed E-state index contributed by atoms with van der Waals surface area (Å²) in [5, 5.41) is 5.85. The molecule has 4 heterocycles. The minimum absolute atomic E-state index is 0.162. The number of hydrogen-bond donors (Lipinski definition) is 2. The molecule has 1 aromatic heterocycles. The van der Waals surface area contributed by atoms with Gasteiger partial charge in [0.05, 0.1) is 38.5 Å². The van der Waals surface area contributed by atoms with Crippen LogP contribution in [0.1, 0.15) is 32.3 Å². The number of ether oxygens (including phenoxy) is 2. The van der Waals surface area contributed by atoms with Gasteiger partial charge in [0.1, 0.15) is 0 Å². The standard InChI is InChI=1S/C31H40N8O3/c1-22-20-41-17-15-38(22)29-34-28(35-30(36-29)39-16-18-42-21-23(39)2)25-7-11-27(12-8-25)33-31(40)32-26-9-5-24(6-10-26)19-37-13-3-4-14-37/h5-12,22-23H,3-4,13-21H2,1-2H3,(H2,32,33,40)/t22-,23-/m1/s1. The largest absolute Gasteiger partial charge is 0.377 e. The summed E-state index contributed by atoms with van der Waals surface area (Å²) in [7, 11) is 0. The van der Waals surface area contributed by atoms with Gasteiger partial charge in [0.2, 0.25) is 11.9 Å². The predicted octanol–water partition coefficient (Wildman–Crippen LogP) is 4.23. The summed E-state index contributed by atoms with van der Waals surface area (Å²) in [6.07, 6.45) is 2.56. The van der Waals surface area contributed by atoms with Crippen LogP contribution in [0.2, 0.25) is 0 Å². The van der Waals surface area contributed by atoms with Crippen molar-refractivity contribution in [1.29, 1.82) is 0 Å². The van der Waals surface area contributed by atoms with Gasteiger partial charge < -0.3 is 29.9 Å². The van der Waals surface area contributed by atoms with Gasteiger partial charge in [0.15, 0.2) is 5.82 Å². The Labute approximate surface area is 247 Å². The second kappa shape index (κ2) is 13.0. The highest BCUT2D eigenvalue weighted by Gasteiger charge is 2.27. The number of aromatic nitrogens is 3. The van der Waals surface area contributed by atoms with Crippen molar-refractivity contribution >= 4 is 29.3 Å². The summed E-state index contributed by atoms with van der Waals surface area (Å²) < 4.78 is 11.3. The molecule has 2 aromatic carbocycles. The Morgan fingerprint density at radius 1 is 0.762 bits per heavy atom. The predicted molar refractivity (Wildman–Crippen MR) is 164 cm³/mol. The van der Waals surface area contributed by atoms with E-state index in [0.717, 1.165) is 44.0 Å². The zero-order valence-corrected chi connectivity index (χ0v) is 24.5. The zero-order chi connectivity index (χ0) is 28.9. The van der Waals surface area contributed by atoms with Gasteiger partial charge in [-0.15, -0.1) is 0 Å². The van der Waals surface area contributed by atoms with Crippen molar-refractivity contribution < 1.29 is 14.3 Å². The second-order valence-electron chi connectivity index (χ2n) is 11.3. The molecule has 3 aliphatic heterocycles. The number of nitrogens with one attached hydrogen (secondary N) is 2. The lowest BCUT2D eigenvalue weighted by molar-refractivity contribution is 0.0969. The number of urea groups is 1. The fourth-order valence-corrected chi connectivity index (χ4v) is 5.68. The van der Waals surface area contributed by atoms with Gasteiger partial charge in [-0.3, -0.25) is 4.90 Å². The minimum Gasteiger partial charge on any atom is -0.377 e. The van der Waals surface area contributed by atoms with Crippen LogP contribution in [-0.2, 0) is 16.0 Å². The van der Waals surface area contributed by atoms with E-state index in [9.17, 15) is 4.79 Å². The Bertz CT molecular complexity index is 1310. The number of hydrogen-bond acceptors (Lipinski definition) is 9. The lowest BCUT2D eigenvalue weighted by Gasteiger charge is -2.36. The molecule has 42 heavy (non-hydrogen) atoms. The van der Waals surface area contributed by atoms with E-state index in [4.69, 9.17) is 24.4 Å². The number of morpholine rings is 2. The van der Waals surface area contributed by atoms with Crippen LogP contribution in [0.15, 0.2) is 48.5 Å². The van der Waals surface area contributed by atoms with Crippen LogP contribution < -0.4 is 20.4 Å². The molecule has 3 aromatic rings. The van der Waals surface area contributed by atoms with E-state index in [1.54, 1.807) is 0 Å². The summed E-state index contributed by atoms with van der Waals surface area (Å²) in [5.41, 5.74) is 3.55. The van der Waals surface area contributed by atoms with Gasteiger partial charge in [-0.05, 0) is 81.7 Å². The first-order chi connectivity index (χ1) is 20.5. The molecule has 2 atom stereocenters. The maximum Gasteiger partial charge on any atom is 0.323 e. The minimum atomic E-state index is -0.289. The molecule has 0 bridgehead atoms. The average molecular weight is 573 g/mol. The maximum atomic E-state index is 12.7. The molecule has 11 heteroatoms. The van der Waals surface area contributed by atoms with E-state index in [1.165, 1.54) is 18.4 Å². The van der Waals surface area contributed by atoms with Crippen molar-refractivity contribution in [3.05, 3.63) is 54.1 Å². The van der Waals surface area contributed by atoms with Gasteiger partial charge in [0, 0.05) is 36.6 Å². The number of anilines is 4. The first-order valence-corrected chi connectivity index (χ1v) is 15.0. The second-order valence-corrected chi connectivity index (χ2v) is 11.3. The molecule has 0 unspecified atom stereocenters. The lowest BCUT2D eigenvalue weighted by Crippen LogP contribution is -2.46. The molecule has 6 rings (SSSR count). The first kappa shape index (κ1) is 28.3. The van der Waals surface area contributed by atoms with E-state index in [1.807, 2.05) is 36.4 Å². The van der Waals surface area contributed by atoms with Crippen LogP contribution in [0, 0.1) is 0 Å². The van der Waals surface area contributed by atoms with Gasteiger partial charge in [0.25, 0.3) is 0 Å². The molecule has 3 fully saturated rings. The zero-order valence-electron chi connectivity index (χ0n) is 24.5. The van der Waals surface area contributed by atoms with E-state index in [0.29, 0.717) is 49.8 Å². The van der Waals surface area contributed by atoms with Crippen LogP contribution in [0.5, 0.6) is 0 Å². The van der Waals surface area contributed by atoms with Crippen molar-refractivity contribution in [2.24, 2.45) is 0 Å². The van der Waals surface area contributed by atoms with Crippen molar-refractivity contribution in [2.75, 3.05) is 73.0 Å². The van der Waals surface area contributed by atoms with Gasteiger partial charge >= 0.3 is 6.03 Å². The Morgan fingerprint density at radius 2 is 1.29 bits per heavy atom. The number of carbonyl (C=O) groups excluding carboxylic acids is 1. The molecule has 3 saturated heterocycles. The van der Waals surface area contributed by atoms with Crippen LogP contribution >= 0.6 is 0 Å². The number of nitrogens with zero attached hydrogens (tertiary/aromatic N) is 6. The Kier molecular flexibility index (Phi) is 8.78. The third-order valence-electron chi connectivity index (χ3n) is 8.08. The molecule has 11 nitrogen and oxygen atoms in total. The molecule has 0 spiro atoms. The number of amides is 2. The third-order valence-corrected chi connectivity index (χ3v) is 8.08. The number of likely N-dealkylation sites (tertiary alicyclic amines) is 1. The molecule has 3 aliphatic rings. The van der Waals surface area contributed by atoms with E-state index >= 15 is 0 Å². The first-order valence-electron chi connectivity index (χ1n) is 15.0. The fourth-order valence-electron chi connectivity index (χ4n) is 5.68. The van der Waals surface area contributed by atoms with Crippen LogP contribution in [0.3, 0.4) is 0 Å². The molecule has 0 saturated carbocycles. The van der Waals surface area contributed by atoms with Gasteiger partial charge in [-0.25, -0.2) is 4.79 Å². The van der Waals surface area contributed by atoms with Crippen molar-refractivity contribution in [1.82, 2.24) is 19.9 Å². The smallest absolute Gasteiger partial charge is 0.323 e. The molecule has 0 aliphatic carbocycles. The topological polar surface area (TPSA) is 108 Å². The molecule has 2 amide bonds. The number of rotatable bonds is 7. The Hall–Kier alpha value is -3.80. The van der Waals surface area contributed by atoms with E-state index in [2.05, 4.69) is 51.3 Å². The molecule has 222 valence electrons. The summed E-state index contributed by atoms with van der Waals surface area (Å²) >= 11 is 0. The molecular formula is C31H40N8O3. The monoisotopic (exact) mass is 572 g/mol. The highest BCUT2D eigenvalue weighted by Crippen LogP contribution is 2.26. The number of benzene rings is 2. The summed E-state index contributed by atoms with van der Waals surface area (Å²) in [6, 6.07) is 15.7. The molecule has 2 N–H and O–H groups in total. The van der Waals surface area contributed by atoms with E-state index < -0.39 is 0 Å².